The summed E-state index contributed by atoms with van der Waals surface area (Å²) in [4.78, 5) is 11.9. The maximum Gasteiger partial charge on any atom is 0.422 e. The molecule has 1 aromatic carbocycles. The summed E-state index contributed by atoms with van der Waals surface area (Å²) in [6, 6.07) is 7.60. The van der Waals surface area contributed by atoms with Gasteiger partial charge >= 0.3 is 6.18 Å². The van der Waals surface area contributed by atoms with Crippen LogP contribution in [0, 0.1) is 0 Å². The van der Waals surface area contributed by atoms with Crippen LogP contribution in [0.15, 0.2) is 41.0 Å². The molecule has 2 rings (SSSR count). The van der Waals surface area contributed by atoms with Gasteiger partial charge in [-0.1, -0.05) is 12.1 Å². The fourth-order valence-electron chi connectivity index (χ4n) is 1.80. The highest BCUT2D eigenvalue weighted by Gasteiger charge is 2.28. The number of hydrogen-bond acceptors (Lipinski definition) is 4. The molecule has 3 N–H and O–H groups in total. The van der Waals surface area contributed by atoms with Crippen LogP contribution in [0.2, 0.25) is 0 Å². The molecule has 0 bridgehead atoms. The molecule has 5 nitrogen and oxygen atoms in total. The van der Waals surface area contributed by atoms with E-state index in [2.05, 4.69) is 10.1 Å². The second-order valence-corrected chi connectivity index (χ2v) is 4.74. The largest absolute Gasteiger partial charge is 0.484 e. The molecule has 2 aromatic rings. The minimum Gasteiger partial charge on any atom is -0.484 e. The highest BCUT2D eigenvalue weighted by molar-refractivity contribution is 5.93. The molecule has 0 fully saturated rings. The standard InChI is InChI=1S/C15H15F3N2O3/c16-15(17,18)9-23-12-3-1-2-10(4-12)7-20-14(21)11-5-13(6-19)22-8-11/h1-5,8H,6-7,9,19H2,(H,20,21). The highest BCUT2D eigenvalue weighted by Crippen LogP contribution is 2.19. The summed E-state index contributed by atoms with van der Waals surface area (Å²) in [5.74, 6) is 0.204. The first kappa shape index (κ1) is 16.9. The lowest BCUT2D eigenvalue weighted by Crippen LogP contribution is -2.22. The number of furan rings is 1. The number of halogens is 3. The van der Waals surface area contributed by atoms with Gasteiger partial charge in [0.05, 0.1) is 12.1 Å². The lowest BCUT2D eigenvalue weighted by atomic mass is 10.2. The summed E-state index contributed by atoms with van der Waals surface area (Å²) < 4.78 is 46.1. The molecule has 0 spiro atoms. The third kappa shape index (κ3) is 5.33. The summed E-state index contributed by atoms with van der Waals surface area (Å²) in [5.41, 5.74) is 6.32. The Morgan fingerprint density at radius 2 is 2.09 bits per heavy atom. The Kier molecular flexibility index (Phi) is 5.28. The number of carbonyl (C=O) groups excluding carboxylic acids is 1. The van der Waals surface area contributed by atoms with Crippen molar-refractivity contribution >= 4 is 5.91 Å². The zero-order chi connectivity index (χ0) is 16.9. The van der Waals surface area contributed by atoms with Gasteiger partial charge in [-0.15, -0.1) is 0 Å². The molecule has 23 heavy (non-hydrogen) atoms. The van der Waals surface area contributed by atoms with Crippen molar-refractivity contribution in [3.63, 3.8) is 0 Å². The van der Waals surface area contributed by atoms with Gasteiger partial charge in [0, 0.05) is 6.54 Å². The second kappa shape index (κ2) is 7.19. The van der Waals surface area contributed by atoms with Crippen molar-refractivity contribution in [2.24, 2.45) is 5.73 Å². The third-order valence-corrected chi connectivity index (χ3v) is 2.87. The monoisotopic (exact) mass is 328 g/mol. The van der Waals surface area contributed by atoms with Crippen molar-refractivity contribution in [1.29, 1.82) is 0 Å². The third-order valence-electron chi connectivity index (χ3n) is 2.87. The normalized spacial score (nSPS) is 11.3. The average molecular weight is 328 g/mol. The van der Waals surface area contributed by atoms with E-state index in [1.165, 1.54) is 24.5 Å². The summed E-state index contributed by atoms with van der Waals surface area (Å²) in [6.45, 7) is -1.03. The first-order valence-electron chi connectivity index (χ1n) is 6.71. The minimum atomic E-state index is -4.40. The van der Waals surface area contributed by atoms with E-state index in [1.54, 1.807) is 12.1 Å². The van der Waals surface area contributed by atoms with Crippen LogP contribution < -0.4 is 15.8 Å². The molecule has 1 heterocycles. The first-order chi connectivity index (χ1) is 10.9. The lowest BCUT2D eigenvalue weighted by Gasteiger charge is -2.10. The SMILES string of the molecule is NCc1cc(C(=O)NCc2cccc(OCC(F)(F)F)c2)co1. The van der Waals surface area contributed by atoms with Crippen molar-refractivity contribution in [3.8, 4) is 5.75 Å². The molecule has 0 aliphatic heterocycles. The number of amides is 1. The molecule has 0 aliphatic carbocycles. The summed E-state index contributed by atoms with van der Waals surface area (Å²) in [7, 11) is 0. The van der Waals surface area contributed by atoms with Gasteiger partial charge in [-0.25, -0.2) is 0 Å². The maximum atomic E-state index is 12.1. The Labute approximate surface area is 130 Å². The highest BCUT2D eigenvalue weighted by atomic mass is 19.4. The number of carbonyl (C=O) groups is 1. The van der Waals surface area contributed by atoms with E-state index in [4.69, 9.17) is 10.2 Å². The van der Waals surface area contributed by atoms with Crippen LogP contribution in [0.1, 0.15) is 21.7 Å². The van der Waals surface area contributed by atoms with Gasteiger partial charge in [0.15, 0.2) is 6.61 Å². The number of nitrogens with two attached hydrogens (primary N) is 1. The number of rotatable bonds is 6. The van der Waals surface area contributed by atoms with Crippen LogP contribution in [0.25, 0.3) is 0 Å². The fourth-order valence-corrected chi connectivity index (χ4v) is 1.80. The smallest absolute Gasteiger partial charge is 0.422 e. The zero-order valence-electron chi connectivity index (χ0n) is 12.0. The van der Waals surface area contributed by atoms with Gasteiger partial charge in [-0.2, -0.15) is 13.2 Å². The van der Waals surface area contributed by atoms with Gasteiger partial charge in [-0.05, 0) is 23.8 Å². The first-order valence-corrected chi connectivity index (χ1v) is 6.71. The van der Waals surface area contributed by atoms with Crippen LogP contribution in [0.4, 0.5) is 13.2 Å². The summed E-state index contributed by atoms with van der Waals surface area (Å²) in [5, 5.41) is 2.63. The van der Waals surface area contributed by atoms with E-state index in [0.29, 0.717) is 16.9 Å². The van der Waals surface area contributed by atoms with E-state index >= 15 is 0 Å². The number of hydrogen-bond donors (Lipinski definition) is 2. The molecular formula is C15H15F3N2O3. The molecule has 0 aliphatic rings. The van der Waals surface area contributed by atoms with E-state index in [-0.39, 0.29) is 24.7 Å². The van der Waals surface area contributed by atoms with Crippen LogP contribution in [0.5, 0.6) is 5.75 Å². The molecule has 0 atom stereocenters. The number of benzene rings is 1. The number of ether oxygens (including phenoxy) is 1. The molecular weight excluding hydrogens is 313 g/mol. The van der Waals surface area contributed by atoms with Crippen molar-refractivity contribution in [1.82, 2.24) is 5.32 Å². The summed E-state index contributed by atoms with van der Waals surface area (Å²) >= 11 is 0. The van der Waals surface area contributed by atoms with E-state index in [0.717, 1.165) is 0 Å². The van der Waals surface area contributed by atoms with Crippen molar-refractivity contribution in [2.75, 3.05) is 6.61 Å². The average Bonchev–Trinajstić information content (AvgIpc) is 2.99. The van der Waals surface area contributed by atoms with Crippen LogP contribution >= 0.6 is 0 Å². The Balaban J connectivity index is 1.91. The molecule has 1 aromatic heterocycles. The molecule has 0 saturated heterocycles. The molecule has 8 heteroatoms. The quantitative estimate of drug-likeness (QED) is 0.854. The molecule has 1 amide bonds. The van der Waals surface area contributed by atoms with Crippen molar-refractivity contribution in [3.05, 3.63) is 53.5 Å². The zero-order valence-corrected chi connectivity index (χ0v) is 12.0. The Hall–Kier alpha value is -2.48. The van der Waals surface area contributed by atoms with E-state index < -0.39 is 12.8 Å². The maximum absolute atomic E-state index is 12.1. The van der Waals surface area contributed by atoms with Crippen LogP contribution in [0.3, 0.4) is 0 Å². The van der Waals surface area contributed by atoms with Crippen LogP contribution in [-0.4, -0.2) is 18.7 Å². The van der Waals surface area contributed by atoms with E-state index in [9.17, 15) is 18.0 Å². The molecule has 124 valence electrons. The van der Waals surface area contributed by atoms with Gasteiger partial charge in [-0.3, -0.25) is 4.79 Å². The molecule has 0 saturated carbocycles. The minimum absolute atomic E-state index is 0.0859. The molecule has 0 unspecified atom stereocenters. The van der Waals surface area contributed by atoms with Crippen molar-refractivity contribution < 1.29 is 27.1 Å². The van der Waals surface area contributed by atoms with Gasteiger partial charge < -0.3 is 20.2 Å². The topological polar surface area (TPSA) is 77.5 Å². The van der Waals surface area contributed by atoms with Gasteiger partial charge in [0.2, 0.25) is 0 Å². The lowest BCUT2D eigenvalue weighted by molar-refractivity contribution is -0.153. The molecule has 0 radical (unpaired) electrons. The van der Waals surface area contributed by atoms with Gasteiger partial charge in [0.25, 0.3) is 5.91 Å². The Morgan fingerprint density at radius 1 is 1.30 bits per heavy atom. The Bertz CT molecular complexity index is 668. The second-order valence-electron chi connectivity index (χ2n) is 4.74. The van der Waals surface area contributed by atoms with Gasteiger partial charge in [0.1, 0.15) is 17.8 Å². The Morgan fingerprint density at radius 3 is 2.74 bits per heavy atom. The fraction of sp³-hybridized carbons (Fsp3) is 0.267. The van der Waals surface area contributed by atoms with E-state index in [1.807, 2.05) is 0 Å². The summed E-state index contributed by atoms with van der Waals surface area (Å²) in [6.07, 6.45) is -3.10. The van der Waals surface area contributed by atoms with Crippen molar-refractivity contribution in [2.45, 2.75) is 19.3 Å². The predicted molar refractivity (Wildman–Crippen MR) is 75.8 cm³/mol. The predicted octanol–water partition coefficient (Wildman–Crippen LogP) is 2.61. The van der Waals surface area contributed by atoms with Crippen LogP contribution in [-0.2, 0) is 13.1 Å². The number of nitrogens with one attached hydrogen (secondary N) is 1. The number of alkyl halides is 3.